The Bertz CT molecular complexity index is 644. The molecule has 1 saturated carbocycles. The minimum absolute atomic E-state index is 0.0291. The van der Waals surface area contributed by atoms with Gasteiger partial charge in [0.1, 0.15) is 0 Å². The Morgan fingerprint density at radius 3 is 2.39 bits per heavy atom. The predicted octanol–water partition coefficient (Wildman–Crippen LogP) is 2.30. The zero-order chi connectivity index (χ0) is 20.7. The van der Waals surface area contributed by atoms with Crippen LogP contribution in [0, 0.1) is 0 Å². The van der Waals surface area contributed by atoms with Crippen LogP contribution >= 0.6 is 0 Å². The van der Waals surface area contributed by atoms with Gasteiger partial charge in [-0.25, -0.2) is 4.79 Å². The smallest absolute Gasteiger partial charge is 0.318 e. The van der Waals surface area contributed by atoms with Crippen LogP contribution in [-0.4, -0.2) is 69.3 Å². The molecule has 1 aliphatic carbocycles. The first kappa shape index (κ1) is 22.2. The van der Waals surface area contributed by atoms with E-state index in [0.717, 1.165) is 18.4 Å². The first-order valence-electron chi connectivity index (χ1n) is 10.0. The van der Waals surface area contributed by atoms with E-state index in [1.807, 2.05) is 49.1 Å². The van der Waals surface area contributed by atoms with Crippen molar-refractivity contribution in [1.82, 2.24) is 15.1 Å². The van der Waals surface area contributed by atoms with Gasteiger partial charge in [0.2, 0.25) is 0 Å². The van der Waals surface area contributed by atoms with Gasteiger partial charge in [-0.1, -0.05) is 44.2 Å². The Balaban J connectivity index is 1.94. The second-order valence-corrected chi connectivity index (χ2v) is 7.92. The maximum atomic E-state index is 12.9. The van der Waals surface area contributed by atoms with Crippen LogP contribution in [0.25, 0.3) is 0 Å². The van der Waals surface area contributed by atoms with Crippen molar-refractivity contribution in [3.63, 3.8) is 0 Å². The maximum Gasteiger partial charge on any atom is 0.318 e. The van der Waals surface area contributed by atoms with Gasteiger partial charge >= 0.3 is 12.0 Å². The van der Waals surface area contributed by atoms with Crippen LogP contribution < -0.4 is 5.32 Å². The van der Waals surface area contributed by atoms with E-state index in [9.17, 15) is 14.7 Å². The lowest BCUT2D eigenvalue weighted by molar-refractivity contribution is -0.139. The van der Waals surface area contributed by atoms with Crippen molar-refractivity contribution in [2.24, 2.45) is 0 Å². The summed E-state index contributed by atoms with van der Waals surface area (Å²) in [6.07, 6.45) is 2.05. The number of nitrogens with one attached hydrogen (secondary N) is 1. The number of aliphatic carboxylic acids is 1. The summed E-state index contributed by atoms with van der Waals surface area (Å²) in [6.45, 7) is 6.97. The maximum absolute atomic E-state index is 12.9. The van der Waals surface area contributed by atoms with E-state index < -0.39 is 11.6 Å². The molecule has 0 bridgehead atoms. The number of carbonyl (C=O) groups excluding carboxylic acids is 1. The molecule has 0 spiro atoms. The molecule has 1 unspecified atom stereocenters. The molecule has 3 N–H and O–H groups in total. The van der Waals surface area contributed by atoms with Crippen molar-refractivity contribution in [2.45, 2.75) is 64.3 Å². The molecule has 0 aromatic heterocycles. The molecule has 0 radical (unpaired) electrons. The van der Waals surface area contributed by atoms with Crippen LogP contribution in [-0.2, 0) is 11.3 Å². The SMILES string of the molecule is CCN(CC(=O)O)C1CC(NC(=O)N(Cc2ccccc2)CC(C)(O)CC)C1. The van der Waals surface area contributed by atoms with Gasteiger partial charge in [0.05, 0.1) is 18.7 Å². The molecule has 0 aliphatic heterocycles. The van der Waals surface area contributed by atoms with Gasteiger partial charge in [-0.15, -0.1) is 0 Å². The van der Waals surface area contributed by atoms with E-state index in [-0.39, 0.29) is 31.2 Å². The average Bonchev–Trinajstić information content (AvgIpc) is 2.62. The summed E-state index contributed by atoms with van der Waals surface area (Å²) in [5.41, 5.74) is 0.0593. The second kappa shape index (κ2) is 9.89. The first-order chi connectivity index (χ1) is 13.2. The van der Waals surface area contributed by atoms with Crippen LogP contribution in [0.3, 0.4) is 0 Å². The van der Waals surface area contributed by atoms with Crippen LogP contribution in [0.4, 0.5) is 4.79 Å². The molecule has 7 nitrogen and oxygen atoms in total. The Labute approximate surface area is 167 Å². The lowest BCUT2D eigenvalue weighted by atomic mass is 9.85. The fourth-order valence-electron chi connectivity index (χ4n) is 3.47. The molecule has 2 rings (SSSR count). The van der Waals surface area contributed by atoms with Gasteiger partial charge in [0.15, 0.2) is 0 Å². The minimum atomic E-state index is -0.950. The van der Waals surface area contributed by atoms with Crippen molar-refractivity contribution in [1.29, 1.82) is 0 Å². The Morgan fingerprint density at radius 1 is 1.21 bits per heavy atom. The zero-order valence-corrected chi connectivity index (χ0v) is 17.1. The third kappa shape index (κ3) is 6.49. The highest BCUT2D eigenvalue weighted by Gasteiger charge is 2.36. The second-order valence-electron chi connectivity index (χ2n) is 7.92. The van der Waals surface area contributed by atoms with Gasteiger partial charge in [-0.3, -0.25) is 9.69 Å². The highest BCUT2D eigenvalue weighted by Crippen LogP contribution is 2.26. The standard InChI is InChI=1S/C21H33N3O4/c1-4-21(3,28)15-24(13-16-9-7-6-8-10-16)20(27)22-17-11-18(12-17)23(5-2)14-19(25)26/h6-10,17-18,28H,4-5,11-15H2,1-3H3,(H,22,27)(H,25,26). The highest BCUT2D eigenvalue weighted by molar-refractivity contribution is 5.75. The number of hydrogen-bond acceptors (Lipinski definition) is 4. The molecular weight excluding hydrogens is 358 g/mol. The van der Waals surface area contributed by atoms with E-state index in [1.54, 1.807) is 11.8 Å². The molecule has 1 aromatic carbocycles. The molecule has 28 heavy (non-hydrogen) atoms. The van der Waals surface area contributed by atoms with Crippen LogP contribution in [0.1, 0.15) is 45.6 Å². The average molecular weight is 392 g/mol. The quantitative estimate of drug-likeness (QED) is 0.569. The van der Waals surface area contributed by atoms with Crippen molar-refractivity contribution in [3.8, 4) is 0 Å². The van der Waals surface area contributed by atoms with Crippen molar-refractivity contribution in [3.05, 3.63) is 35.9 Å². The van der Waals surface area contributed by atoms with Crippen molar-refractivity contribution < 1.29 is 19.8 Å². The molecule has 1 aromatic rings. The number of likely N-dealkylation sites (N-methyl/N-ethyl adjacent to an activating group) is 1. The Kier molecular flexibility index (Phi) is 7.83. The topological polar surface area (TPSA) is 93.1 Å². The van der Waals surface area contributed by atoms with Gasteiger partial charge in [-0.2, -0.15) is 0 Å². The number of amides is 2. The monoisotopic (exact) mass is 391 g/mol. The van der Waals surface area contributed by atoms with E-state index in [4.69, 9.17) is 5.11 Å². The highest BCUT2D eigenvalue weighted by atomic mass is 16.4. The zero-order valence-electron chi connectivity index (χ0n) is 17.1. The summed E-state index contributed by atoms with van der Waals surface area (Å²) < 4.78 is 0. The number of nitrogens with zero attached hydrogens (tertiary/aromatic N) is 2. The fraction of sp³-hybridized carbons (Fsp3) is 0.619. The Hall–Kier alpha value is -2.12. The number of rotatable bonds is 10. The van der Waals surface area contributed by atoms with Crippen molar-refractivity contribution in [2.75, 3.05) is 19.6 Å². The molecule has 156 valence electrons. The van der Waals surface area contributed by atoms with Crippen LogP contribution in [0.2, 0.25) is 0 Å². The number of carbonyl (C=O) groups is 2. The molecule has 2 amide bonds. The van der Waals surface area contributed by atoms with Gasteiger partial charge in [0, 0.05) is 18.6 Å². The van der Waals surface area contributed by atoms with Gasteiger partial charge < -0.3 is 20.4 Å². The fourth-order valence-corrected chi connectivity index (χ4v) is 3.47. The normalized spacial score (nSPS) is 20.9. The van der Waals surface area contributed by atoms with Gasteiger partial charge in [-0.05, 0) is 38.3 Å². The molecule has 0 saturated heterocycles. The third-order valence-electron chi connectivity index (χ3n) is 5.50. The summed E-state index contributed by atoms with van der Waals surface area (Å²) in [7, 11) is 0. The lowest BCUT2D eigenvalue weighted by Crippen LogP contribution is -2.57. The Morgan fingerprint density at radius 2 is 1.86 bits per heavy atom. The first-order valence-corrected chi connectivity index (χ1v) is 10.0. The van der Waals surface area contributed by atoms with Gasteiger partial charge in [0.25, 0.3) is 0 Å². The summed E-state index contributed by atoms with van der Waals surface area (Å²) in [5, 5.41) is 22.5. The van der Waals surface area contributed by atoms with E-state index in [2.05, 4.69) is 5.32 Å². The third-order valence-corrected chi connectivity index (χ3v) is 5.50. The number of carboxylic acids is 1. The number of hydrogen-bond donors (Lipinski definition) is 3. The van der Waals surface area contributed by atoms with E-state index >= 15 is 0 Å². The molecule has 0 heterocycles. The van der Waals surface area contributed by atoms with Crippen LogP contribution in [0.15, 0.2) is 30.3 Å². The number of urea groups is 1. The lowest BCUT2D eigenvalue weighted by Gasteiger charge is -2.43. The number of benzene rings is 1. The molecule has 1 atom stereocenters. The van der Waals surface area contributed by atoms with Crippen molar-refractivity contribution >= 4 is 12.0 Å². The van der Waals surface area contributed by atoms with E-state index in [1.165, 1.54) is 0 Å². The summed E-state index contributed by atoms with van der Waals surface area (Å²) >= 11 is 0. The molecule has 1 aliphatic rings. The molecule has 7 heteroatoms. The molecular formula is C21H33N3O4. The predicted molar refractivity (Wildman–Crippen MR) is 108 cm³/mol. The largest absolute Gasteiger partial charge is 0.480 e. The summed E-state index contributed by atoms with van der Waals surface area (Å²) in [6, 6.07) is 9.75. The number of aliphatic hydroxyl groups is 1. The summed E-state index contributed by atoms with van der Waals surface area (Å²) in [4.78, 5) is 27.4. The van der Waals surface area contributed by atoms with E-state index in [0.29, 0.717) is 19.5 Å². The number of carboxylic acid groups (broad SMARTS) is 1. The molecule has 1 fully saturated rings. The van der Waals surface area contributed by atoms with Crippen LogP contribution in [0.5, 0.6) is 0 Å². The minimum Gasteiger partial charge on any atom is -0.480 e. The summed E-state index contributed by atoms with van der Waals surface area (Å²) in [5.74, 6) is -0.829.